The third kappa shape index (κ3) is 4.76. The Bertz CT molecular complexity index is 640. The van der Waals surface area contributed by atoms with Crippen molar-refractivity contribution in [2.45, 2.75) is 36.4 Å². The normalized spacial score (nSPS) is 19.9. The molecule has 8 heteroatoms. The number of nitrogens with one attached hydrogen (secondary N) is 1. The van der Waals surface area contributed by atoms with Crippen LogP contribution in [0.25, 0.3) is 0 Å². The molecule has 1 aromatic heterocycles. The summed E-state index contributed by atoms with van der Waals surface area (Å²) in [6.07, 6.45) is 2.58. The largest absolute Gasteiger partial charge is 0.356 e. The standard InChI is InChI=1S/C15H25N3O3S2/c1-12(19)16-9-8-14-6-7-15(22-14)23(20,21)18-10-4-5-13(11-18)17(2)3/h6-7,13H,4-5,8-11H2,1-3H3,(H,16,19). The first-order chi connectivity index (χ1) is 10.8. The van der Waals surface area contributed by atoms with Crippen LogP contribution in [0.2, 0.25) is 0 Å². The molecule has 0 aromatic carbocycles. The van der Waals surface area contributed by atoms with Gasteiger partial charge < -0.3 is 10.2 Å². The lowest BCUT2D eigenvalue weighted by Crippen LogP contribution is -2.47. The molecule has 1 saturated heterocycles. The van der Waals surface area contributed by atoms with Crippen LogP contribution in [0.15, 0.2) is 16.3 Å². The molecule has 1 aliphatic heterocycles. The molecular formula is C15H25N3O3S2. The minimum Gasteiger partial charge on any atom is -0.356 e. The average Bonchev–Trinajstić information content (AvgIpc) is 2.96. The minimum atomic E-state index is -3.41. The topological polar surface area (TPSA) is 69.7 Å². The van der Waals surface area contributed by atoms with Crippen LogP contribution in [0.5, 0.6) is 0 Å². The SMILES string of the molecule is CC(=O)NCCc1ccc(S(=O)(=O)N2CCCC(N(C)C)C2)s1. The lowest BCUT2D eigenvalue weighted by Gasteiger charge is -2.35. The first-order valence-corrected chi connectivity index (χ1v) is 10.1. The highest BCUT2D eigenvalue weighted by atomic mass is 32.2. The molecule has 1 N–H and O–H groups in total. The average molecular weight is 360 g/mol. The number of amides is 1. The van der Waals surface area contributed by atoms with Crippen LogP contribution in [0.1, 0.15) is 24.6 Å². The Kier molecular flexibility index (Phi) is 6.19. The van der Waals surface area contributed by atoms with E-state index in [4.69, 9.17) is 0 Å². The summed E-state index contributed by atoms with van der Waals surface area (Å²) in [4.78, 5) is 13.9. The second-order valence-corrected chi connectivity index (χ2v) is 9.41. The highest BCUT2D eigenvalue weighted by Crippen LogP contribution is 2.28. The third-order valence-electron chi connectivity index (χ3n) is 4.07. The Morgan fingerprint density at radius 1 is 1.43 bits per heavy atom. The Labute approximate surface area is 142 Å². The van der Waals surface area contributed by atoms with E-state index in [0.29, 0.717) is 30.3 Å². The van der Waals surface area contributed by atoms with Crippen molar-refractivity contribution in [3.63, 3.8) is 0 Å². The van der Waals surface area contributed by atoms with Gasteiger partial charge in [0.2, 0.25) is 5.91 Å². The van der Waals surface area contributed by atoms with E-state index < -0.39 is 10.0 Å². The van der Waals surface area contributed by atoms with E-state index in [2.05, 4.69) is 10.2 Å². The first kappa shape index (κ1) is 18.4. The fourth-order valence-corrected chi connectivity index (χ4v) is 5.71. The molecule has 1 fully saturated rings. The molecule has 1 aliphatic rings. The Hall–Kier alpha value is -0.960. The van der Waals surface area contributed by atoms with Gasteiger partial charge in [0.1, 0.15) is 4.21 Å². The lowest BCUT2D eigenvalue weighted by molar-refractivity contribution is -0.118. The van der Waals surface area contributed by atoms with E-state index >= 15 is 0 Å². The van der Waals surface area contributed by atoms with Gasteiger partial charge in [-0.2, -0.15) is 4.31 Å². The maximum Gasteiger partial charge on any atom is 0.252 e. The summed E-state index contributed by atoms with van der Waals surface area (Å²) < 4.78 is 27.6. The molecular weight excluding hydrogens is 334 g/mol. The van der Waals surface area contributed by atoms with Crippen molar-refractivity contribution in [1.29, 1.82) is 0 Å². The number of carbonyl (C=O) groups excluding carboxylic acids is 1. The third-order valence-corrected chi connectivity index (χ3v) is 7.54. The molecule has 1 unspecified atom stereocenters. The second-order valence-electron chi connectivity index (χ2n) is 6.08. The van der Waals surface area contributed by atoms with E-state index in [1.165, 1.54) is 18.3 Å². The van der Waals surface area contributed by atoms with E-state index in [1.54, 1.807) is 10.4 Å². The number of hydrogen-bond donors (Lipinski definition) is 1. The number of likely N-dealkylation sites (N-methyl/N-ethyl adjacent to an activating group) is 1. The van der Waals surface area contributed by atoms with Crippen molar-refractivity contribution in [3.8, 4) is 0 Å². The van der Waals surface area contributed by atoms with Crippen molar-refractivity contribution >= 4 is 27.3 Å². The first-order valence-electron chi connectivity index (χ1n) is 7.80. The van der Waals surface area contributed by atoms with Crippen molar-refractivity contribution < 1.29 is 13.2 Å². The molecule has 6 nitrogen and oxygen atoms in total. The van der Waals surface area contributed by atoms with Crippen molar-refractivity contribution in [2.75, 3.05) is 33.7 Å². The maximum atomic E-state index is 12.8. The predicted molar refractivity (Wildman–Crippen MR) is 92.2 cm³/mol. The summed E-state index contributed by atoms with van der Waals surface area (Å²) >= 11 is 1.30. The fraction of sp³-hybridized carbons (Fsp3) is 0.667. The molecule has 1 aromatic rings. The van der Waals surface area contributed by atoms with Crippen LogP contribution in [-0.4, -0.2) is 63.3 Å². The molecule has 1 amide bonds. The highest BCUT2D eigenvalue weighted by Gasteiger charge is 2.31. The zero-order valence-electron chi connectivity index (χ0n) is 13.9. The molecule has 0 saturated carbocycles. The zero-order valence-corrected chi connectivity index (χ0v) is 15.5. The second kappa shape index (κ2) is 7.74. The number of sulfonamides is 1. The molecule has 2 rings (SSSR count). The Morgan fingerprint density at radius 3 is 2.83 bits per heavy atom. The minimum absolute atomic E-state index is 0.0718. The van der Waals surface area contributed by atoms with E-state index in [1.807, 2.05) is 20.2 Å². The number of thiophene rings is 1. The van der Waals surface area contributed by atoms with Gasteiger partial charge >= 0.3 is 0 Å². The molecule has 0 aliphatic carbocycles. The summed E-state index contributed by atoms with van der Waals surface area (Å²) in [7, 11) is 0.573. The van der Waals surface area contributed by atoms with Crippen LogP contribution < -0.4 is 5.32 Å². The van der Waals surface area contributed by atoms with Crippen LogP contribution >= 0.6 is 11.3 Å². The molecule has 0 radical (unpaired) electrons. The van der Waals surface area contributed by atoms with Gasteiger partial charge in [-0.25, -0.2) is 8.42 Å². The summed E-state index contributed by atoms with van der Waals surface area (Å²) in [5, 5.41) is 2.73. The highest BCUT2D eigenvalue weighted by molar-refractivity contribution is 7.91. The van der Waals surface area contributed by atoms with Gasteiger partial charge in [-0.1, -0.05) is 0 Å². The fourth-order valence-electron chi connectivity index (χ4n) is 2.68. The number of rotatable bonds is 6. The molecule has 0 bridgehead atoms. The van der Waals surface area contributed by atoms with Crippen molar-refractivity contribution in [2.24, 2.45) is 0 Å². The quantitative estimate of drug-likeness (QED) is 0.827. The molecule has 2 heterocycles. The number of carbonyl (C=O) groups is 1. The van der Waals surface area contributed by atoms with Gasteiger partial charge in [-0.3, -0.25) is 4.79 Å². The van der Waals surface area contributed by atoms with Gasteiger partial charge in [0.25, 0.3) is 10.0 Å². The van der Waals surface area contributed by atoms with Crippen molar-refractivity contribution in [1.82, 2.24) is 14.5 Å². The monoisotopic (exact) mass is 359 g/mol. The van der Waals surface area contributed by atoms with Gasteiger partial charge in [0.05, 0.1) is 0 Å². The van der Waals surface area contributed by atoms with Crippen LogP contribution in [0.4, 0.5) is 0 Å². The van der Waals surface area contributed by atoms with Crippen LogP contribution in [0.3, 0.4) is 0 Å². The van der Waals surface area contributed by atoms with Gasteiger partial charge in [0, 0.05) is 37.5 Å². The van der Waals surface area contributed by atoms with Crippen LogP contribution in [-0.2, 0) is 21.2 Å². The summed E-state index contributed by atoms with van der Waals surface area (Å²) in [5.74, 6) is -0.0718. The summed E-state index contributed by atoms with van der Waals surface area (Å²) in [5.41, 5.74) is 0. The maximum absolute atomic E-state index is 12.8. The van der Waals surface area contributed by atoms with Gasteiger partial charge in [0.15, 0.2) is 0 Å². The van der Waals surface area contributed by atoms with E-state index in [0.717, 1.165) is 17.7 Å². The molecule has 0 spiro atoms. The van der Waals surface area contributed by atoms with Crippen molar-refractivity contribution in [3.05, 3.63) is 17.0 Å². The van der Waals surface area contributed by atoms with E-state index in [-0.39, 0.29) is 11.9 Å². The molecule has 23 heavy (non-hydrogen) atoms. The summed E-state index contributed by atoms with van der Waals surface area (Å²) in [6.45, 7) is 3.14. The molecule has 130 valence electrons. The predicted octanol–water partition coefficient (Wildman–Crippen LogP) is 1.14. The van der Waals surface area contributed by atoms with Gasteiger partial charge in [-0.05, 0) is 45.5 Å². The molecule has 1 atom stereocenters. The number of piperidine rings is 1. The van der Waals surface area contributed by atoms with Gasteiger partial charge in [-0.15, -0.1) is 11.3 Å². The zero-order chi connectivity index (χ0) is 17.0. The number of hydrogen-bond acceptors (Lipinski definition) is 5. The number of nitrogens with zero attached hydrogens (tertiary/aromatic N) is 2. The smallest absolute Gasteiger partial charge is 0.252 e. The Balaban J connectivity index is 2.04. The lowest BCUT2D eigenvalue weighted by atomic mass is 10.1. The van der Waals surface area contributed by atoms with E-state index in [9.17, 15) is 13.2 Å². The Morgan fingerprint density at radius 2 is 2.17 bits per heavy atom. The van der Waals surface area contributed by atoms with Crippen LogP contribution in [0, 0.1) is 0 Å². The summed E-state index contributed by atoms with van der Waals surface area (Å²) in [6, 6.07) is 3.80.